The van der Waals surface area contributed by atoms with Crippen LogP contribution in [0, 0.1) is 5.82 Å². The van der Waals surface area contributed by atoms with Crippen LogP contribution in [0.3, 0.4) is 0 Å². The molecule has 2 rings (SSSR count). The maximum absolute atomic E-state index is 13.5. The lowest BCUT2D eigenvalue weighted by Crippen LogP contribution is -2.32. The Kier molecular flexibility index (Phi) is 3.25. The van der Waals surface area contributed by atoms with Gasteiger partial charge in [0.1, 0.15) is 5.82 Å². The molecule has 3 nitrogen and oxygen atoms in total. The van der Waals surface area contributed by atoms with E-state index in [0.717, 1.165) is 6.42 Å². The molecule has 1 aliphatic heterocycles. The van der Waals surface area contributed by atoms with Gasteiger partial charge in [0.2, 0.25) is 0 Å². The van der Waals surface area contributed by atoms with Crippen LogP contribution in [0.2, 0.25) is 0 Å². The summed E-state index contributed by atoms with van der Waals surface area (Å²) in [6, 6.07) is 4.46. The van der Waals surface area contributed by atoms with Crippen molar-refractivity contribution in [3.05, 3.63) is 34.1 Å². The summed E-state index contributed by atoms with van der Waals surface area (Å²) in [6.07, 6.45) is 0.782. The van der Waals surface area contributed by atoms with E-state index in [2.05, 4.69) is 15.9 Å². The molecule has 86 valence electrons. The van der Waals surface area contributed by atoms with Crippen molar-refractivity contribution in [3.63, 3.8) is 0 Å². The normalized spacial score (nSPS) is 20.2. The van der Waals surface area contributed by atoms with Gasteiger partial charge < -0.3 is 10.6 Å². The van der Waals surface area contributed by atoms with Crippen LogP contribution in [0.1, 0.15) is 16.8 Å². The van der Waals surface area contributed by atoms with E-state index in [9.17, 15) is 9.18 Å². The van der Waals surface area contributed by atoms with E-state index in [1.165, 1.54) is 12.1 Å². The fraction of sp³-hybridized carbons (Fsp3) is 0.364. The quantitative estimate of drug-likeness (QED) is 0.855. The summed E-state index contributed by atoms with van der Waals surface area (Å²) in [4.78, 5) is 13.5. The maximum Gasteiger partial charge on any atom is 0.256 e. The van der Waals surface area contributed by atoms with Gasteiger partial charge in [-0.15, -0.1) is 0 Å². The number of carbonyl (C=O) groups is 1. The predicted octanol–water partition coefficient (Wildman–Crippen LogP) is 1.76. The van der Waals surface area contributed by atoms with Crippen LogP contribution in [0.25, 0.3) is 0 Å². The van der Waals surface area contributed by atoms with E-state index < -0.39 is 5.82 Å². The van der Waals surface area contributed by atoms with Crippen LogP contribution < -0.4 is 5.73 Å². The van der Waals surface area contributed by atoms with Gasteiger partial charge in [-0.1, -0.05) is 15.9 Å². The Morgan fingerprint density at radius 3 is 2.88 bits per heavy atom. The van der Waals surface area contributed by atoms with Crippen LogP contribution in [0.5, 0.6) is 0 Å². The number of hydrogen-bond donors (Lipinski definition) is 1. The zero-order valence-electron chi connectivity index (χ0n) is 8.62. The van der Waals surface area contributed by atoms with Gasteiger partial charge in [-0.2, -0.15) is 0 Å². The topological polar surface area (TPSA) is 46.3 Å². The van der Waals surface area contributed by atoms with Crippen LogP contribution in [-0.2, 0) is 0 Å². The summed E-state index contributed by atoms with van der Waals surface area (Å²) in [5.41, 5.74) is 5.82. The van der Waals surface area contributed by atoms with Gasteiger partial charge in [-0.25, -0.2) is 4.39 Å². The average Bonchev–Trinajstić information content (AvgIpc) is 2.64. The van der Waals surface area contributed by atoms with E-state index in [0.29, 0.717) is 17.6 Å². The first-order chi connectivity index (χ1) is 7.58. The Bertz CT molecular complexity index is 424. The van der Waals surface area contributed by atoms with Crippen molar-refractivity contribution in [1.82, 2.24) is 4.90 Å². The lowest BCUT2D eigenvalue weighted by atomic mass is 10.2. The average molecular weight is 287 g/mol. The molecule has 0 aromatic heterocycles. The Morgan fingerprint density at radius 2 is 2.31 bits per heavy atom. The van der Waals surface area contributed by atoms with Crippen molar-refractivity contribution in [2.24, 2.45) is 5.73 Å². The minimum Gasteiger partial charge on any atom is -0.337 e. The summed E-state index contributed by atoms with van der Waals surface area (Å²) in [6.45, 7) is 1.11. The Balaban J connectivity index is 2.21. The second-order valence-electron chi connectivity index (χ2n) is 3.92. The lowest BCUT2D eigenvalue weighted by Gasteiger charge is -2.16. The summed E-state index contributed by atoms with van der Waals surface area (Å²) < 4.78 is 14.2. The maximum atomic E-state index is 13.5. The Labute approximate surface area is 102 Å². The number of hydrogen-bond acceptors (Lipinski definition) is 2. The molecule has 2 N–H and O–H groups in total. The SMILES string of the molecule is NC1CCN(C(=O)c2ccc(Br)cc2F)C1. The van der Waals surface area contributed by atoms with E-state index in [-0.39, 0.29) is 17.5 Å². The fourth-order valence-corrected chi connectivity index (χ4v) is 2.14. The molecule has 1 fully saturated rings. The number of carbonyl (C=O) groups excluding carboxylic acids is 1. The molecule has 1 aromatic carbocycles. The van der Waals surface area contributed by atoms with E-state index in [1.54, 1.807) is 11.0 Å². The monoisotopic (exact) mass is 286 g/mol. The van der Waals surface area contributed by atoms with Crippen molar-refractivity contribution in [3.8, 4) is 0 Å². The molecule has 16 heavy (non-hydrogen) atoms. The highest BCUT2D eigenvalue weighted by Gasteiger charge is 2.26. The molecule has 0 bridgehead atoms. The standard InChI is InChI=1S/C11H12BrFN2O/c12-7-1-2-9(10(13)5-7)11(16)15-4-3-8(14)6-15/h1-2,5,8H,3-4,6,14H2. The Hall–Kier alpha value is -0.940. The molecule has 0 spiro atoms. The van der Waals surface area contributed by atoms with Crippen molar-refractivity contribution in [1.29, 1.82) is 0 Å². The number of rotatable bonds is 1. The van der Waals surface area contributed by atoms with Crippen LogP contribution in [0.4, 0.5) is 4.39 Å². The van der Waals surface area contributed by atoms with Crippen molar-refractivity contribution >= 4 is 21.8 Å². The van der Waals surface area contributed by atoms with E-state index >= 15 is 0 Å². The van der Waals surface area contributed by atoms with Gasteiger partial charge in [-0.05, 0) is 24.6 Å². The number of nitrogens with two attached hydrogens (primary N) is 1. The van der Waals surface area contributed by atoms with Gasteiger partial charge in [0, 0.05) is 23.6 Å². The first-order valence-electron chi connectivity index (χ1n) is 5.08. The number of likely N-dealkylation sites (tertiary alicyclic amines) is 1. The van der Waals surface area contributed by atoms with Gasteiger partial charge in [0.15, 0.2) is 0 Å². The van der Waals surface area contributed by atoms with E-state index in [1.807, 2.05) is 0 Å². The van der Waals surface area contributed by atoms with Crippen molar-refractivity contribution in [2.45, 2.75) is 12.5 Å². The highest BCUT2D eigenvalue weighted by molar-refractivity contribution is 9.10. The molecule has 1 amide bonds. The van der Waals surface area contributed by atoms with Crippen molar-refractivity contribution in [2.75, 3.05) is 13.1 Å². The third-order valence-corrected chi connectivity index (χ3v) is 3.17. The first kappa shape index (κ1) is 11.5. The predicted molar refractivity (Wildman–Crippen MR) is 62.6 cm³/mol. The molecule has 1 heterocycles. The molecule has 5 heteroatoms. The first-order valence-corrected chi connectivity index (χ1v) is 5.87. The van der Waals surface area contributed by atoms with Gasteiger partial charge >= 0.3 is 0 Å². The molecular weight excluding hydrogens is 275 g/mol. The number of nitrogens with zero attached hydrogens (tertiary/aromatic N) is 1. The van der Waals surface area contributed by atoms with Crippen LogP contribution in [0.15, 0.2) is 22.7 Å². The molecule has 0 aliphatic carbocycles. The molecule has 1 aliphatic rings. The molecule has 0 radical (unpaired) electrons. The lowest BCUT2D eigenvalue weighted by molar-refractivity contribution is 0.0786. The smallest absolute Gasteiger partial charge is 0.256 e. The third-order valence-electron chi connectivity index (χ3n) is 2.67. The van der Waals surface area contributed by atoms with Gasteiger partial charge in [0.05, 0.1) is 5.56 Å². The van der Waals surface area contributed by atoms with Crippen LogP contribution >= 0.6 is 15.9 Å². The second kappa shape index (κ2) is 4.51. The second-order valence-corrected chi connectivity index (χ2v) is 4.84. The molecule has 1 atom stereocenters. The summed E-state index contributed by atoms with van der Waals surface area (Å²) in [5.74, 6) is -0.780. The zero-order chi connectivity index (χ0) is 11.7. The Morgan fingerprint density at radius 1 is 1.56 bits per heavy atom. The summed E-state index contributed by atoms with van der Waals surface area (Å²) in [5, 5.41) is 0. The highest BCUT2D eigenvalue weighted by Crippen LogP contribution is 2.18. The van der Waals surface area contributed by atoms with Crippen molar-refractivity contribution < 1.29 is 9.18 Å². The van der Waals surface area contributed by atoms with Gasteiger partial charge in [0.25, 0.3) is 5.91 Å². The largest absolute Gasteiger partial charge is 0.337 e. The highest BCUT2D eigenvalue weighted by atomic mass is 79.9. The summed E-state index contributed by atoms with van der Waals surface area (Å²) in [7, 11) is 0. The van der Waals surface area contributed by atoms with Crippen LogP contribution in [-0.4, -0.2) is 29.9 Å². The third kappa shape index (κ3) is 2.25. The molecule has 1 aromatic rings. The molecule has 0 saturated carbocycles. The number of halogens is 2. The zero-order valence-corrected chi connectivity index (χ0v) is 10.2. The number of benzene rings is 1. The fourth-order valence-electron chi connectivity index (χ4n) is 1.81. The molecule has 1 saturated heterocycles. The van der Waals surface area contributed by atoms with Gasteiger partial charge in [-0.3, -0.25) is 4.79 Å². The minimum atomic E-state index is -0.500. The van der Waals surface area contributed by atoms with E-state index in [4.69, 9.17) is 5.73 Å². The molecular formula is C11H12BrFN2O. The molecule has 1 unspecified atom stereocenters. The summed E-state index contributed by atoms with van der Waals surface area (Å²) >= 11 is 3.15. The minimum absolute atomic E-state index is 0.0162. The number of amides is 1.